The maximum Gasteiger partial charge on any atom is 0.416 e. The van der Waals surface area contributed by atoms with Crippen LogP contribution < -0.4 is 5.32 Å². The standard InChI is InChI=1S/C17H9Cl3F3N3O2S/c18-9-2-3-10(12(20)6-9)15-25-26-16(28-15)29-7-14(27)24-13-5-8(17(21,22)23)1-4-11(13)19/h1-6H,7H2,(H,24,27). The molecule has 152 valence electrons. The molecular weight excluding hydrogens is 474 g/mol. The number of carbonyl (C=O) groups excluding carboxylic acids is 1. The number of halogens is 6. The summed E-state index contributed by atoms with van der Waals surface area (Å²) in [4.78, 5) is 12.1. The predicted molar refractivity (Wildman–Crippen MR) is 106 cm³/mol. The van der Waals surface area contributed by atoms with E-state index in [1.165, 1.54) is 6.07 Å². The van der Waals surface area contributed by atoms with Gasteiger partial charge in [-0.05, 0) is 36.4 Å². The van der Waals surface area contributed by atoms with Crippen LogP contribution in [0.3, 0.4) is 0 Å². The Morgan fingerprint density at radius 1 is 1.07 bits per heavy atom. The summed E-state index contributed by atoms with van der Waals surface area (Å²) in [5, 5.41) is 10.8. The van der Waals surface area contributed by atoms with Crippen LogP contribution in [0.1, 0.15) is 5.56 Å². The van der Waals surface area contributed by atoms with E-state index in [2.05, 4.69) is 15.5 Å². The Hall–Kier alpha value is -1.94. The van der Waals surface area contributed by atoms with E-state index in [1.54, 1.807) is 12.1 Å². The predicted octanol–water partition coefficient (Wildman–Crippen LogP) is 6.45. The molecule has 0 saturated heterocycles. The highest BCUT2D eigenvalue weighted by Crippen LogP contribution is 2.34. The fourth-order valence-corrected chi connectivity index (χ4v) is 3.37. The molecule has 0 spiro atoms. The second-order valence-corrected chi connectivity index (χ2v) is 7.70. The van der Waals surface area contributed by atoms with Crippen molar-refractivity contribution in [1.82, 2.24) is 10.2 Å². The zero-order chi connectivity index (χ0) is 21.2. The Kier molecular flexibility index (Phi) is 6.62. The number of nitrogens with one attached hydrogen (secondary N) is 1. The molecule has 1 N–H and O–H groups in total. The van der Waals surface area contributed by atoms with Gasteiger partial charge in [0.1, 0.15) is 0 Å². The largest absolute Gasteiger partial charge is 0.416 e. The second kappa shape index (κ2) is 8.83. The minimum Gasteiger partial charge on any atom is -0.411 e. The number of hydrogen-bond acceptors (Lipinski definition) is 5. The average Bonchev–Trinajstić information content (AvgIpc) is 3.09. The van der Waals surface area contributed by atoms with Crippen molar-refractivity contribution in [3.8, 4) is 11.5 Å². The summed E-state index contributed by atoms with van der Waals surface area (Å²) in [6.45, 7) is 0. The van der Waals surface area contributed by atoms with Crippen LogP contribution in [-0.4, -0.2) is 21.9 Å². The molecule has 1 aromatic heterocycles. The maximum atomic E-state index is 12.8. The lowest BCUT2D eigenvalue weighted by atomic mass is 10.2. The highest BCUT2D eigenvalue weighted by Gasteiger charge is 2.31. The van der Waals surface area contributed by atoms with Crippen LogP contribution in [-0.2, 0) is 11.0 Å². The first-order valence-corrected chi connectivity index (χ1v) is 9.84. The summed E-state index contributed by atoms with van der Waals surface area (Å²) in [5.41, 5.74) is -0.604. The van der Waals surface area contributed by atoms with Crippen LogP contribution in [0.25, 0.3) is 11.5 Å². The minimum absolute atomic E-state index is 0.0196. The lowest BCUT2D eigenvalue weighted by Gasteiger charge is -2.11. The lowest BCUT2D eigenvalue weighted by Crippen LogP contribution is -2.15. The van der Waals surface area contributed by atoms with Gasteiger partial charge >= 0.3 is 6.18 Å². The second-order valence-electron chi connectivity index (χ2n) is 5.53. The quantitative estimate of drug-likeness (QED) is 0.424. The summed E-state index contributed by atoms with van der Waals surface area (Å²) >= 11 is 18.7. The molecule has 0 aliphatic rings. The third-order valence-corrected chi connectivity index (χ3v) is 5.16. The Bertz CT molecular complexity index is 1060. The van der Waals surface area contributed by atoms with Crippen LogP contribution in [0, 0.1) is 0 Å². The monoisotopic (exact) mass is 481 g/mol. The zero-order valence-electron chi connectivity index (χ0n) is 14.1. The number of thioether (sulfide) groups is 1. The van der Waals surface area contributed by atoms with E-state index in [-0.39, 0.29) is 27.6 Å². The van der Waals surface area contributed by atoms with Crippen LogP contribution >= 0.6 is 46.6 Å². The normalized spacial score (nSPS) is 11.5. The number of hydrogen-bond donors (Lipinski definition) is 1. The van der Waals surface area contributed by atoms with Crippen molar-refractivity contribution >= 4 is 58.2 Å². The molecule has 0 aliphatic heterocycles. The van der Waals surface area contributed by atoms with Crippen molar-refractivity contribution in [3.05, 3.63) is 57.0 Å². The van der Waals surface area contributed by atoms with E-state index < -0.39 is 17.6 Å². The smallest absolute Gasteiger partial charge is 0.411 e. The molecular formula is C17H9Cl3F3N3O2S. The molecule has 29 heavy (non-hydrogen) atoms. The summed E-state index contributed by atoms with van der Waals surface area (Å²) < 4.78 is 43.8. The zero-order valence-corrected chi connectivity index (χ0v) is 17.1. The van der Waals surface area contributed by atoms with Crippen LogP contribution in [0.15, 0.2) is 46.0 Å². The molecule has 0 atom stereocenters. The number of amides is 1. The number of anilines is 1. The number of nitrogens with zero attached hydrogens (tertiary/aromatic N) is 2. The van der Waals surface area contributed by atoms with Gasteiger partial charge in [0, 0.05) is 5.02 Å². The van der Waals surface area contributed by atoms with E-state index in [9.17, 15) is 18.0 Å². The van der Waals surface area contributed by atoms with E-state index in [1.807, 2.05) is 0 Å². The topological polar surface area (TPSA) is 68.0 Å². The van der Waals surface area contributed by atoms with Crippen molar-refractivity contribution in [2.24, 2.45) is 0 Å². The van der Waals surface area contributed by atoms with Gasteiger partial charge in [0.2, 0.25) is 11.8 Å². The highest BCUT2D eigenvalue weighted by molar-refractivity contribution is 7.99. The highest BCUT2D eigenvalue weighted by atomic mass is 35.5. The molecule has 0 unspecified atom stereocenters. The molecule has 0 aliphatic carbocycles. The Morgan fingerprint density at radius 2 is 1.83 bits per heavy atom. The van der Waals surface area contributed by atoms with Crippen molar-refractivity contribution in [1.29, 1.82) is 0 Å². The first-order valence-electron chi connectivity index (χ1n) is 7.72. The van der Waals surface area contributed by atoms with Gasteiger partial charge in [-0.3, -0.25) is 4.79 Å². The van der Waals surface area contributed by atoms with Crippen LogP contribution in [0.4, 0.5) is 18.9 Å². The van der Waals surface area contributed by atoms with Gasteiger partial charge in [0.25, 0.3) is 5.22 Å². The van der Waals surface area contributed by atoms with Gasteiger partial charge in [-0.15, -0.1) is 10.2 Å². The lowest BCUT2D eigenvalue weighted by molar-refractivity contribution is -0.137. The van der Waals surface area contributed by atoms with Crippen molar-refractivity contribution in [2.75, 3.05) is 11.1 Å². The van der Waals surface area contributed by atoms with E-state index in [0.29, 0.717) is 15.6 Å². The van der Waals surface area contributed by atoms with Crippen molar-refractivity contribution in [3.63, 3.8) is 0 Å². The summed E-state index contributed by atoms with van der Waals surface area (Å²) in [7, 11) is 0. The third kappa shape index (κ3) is 5.57. The molecule has 1 heterocycles. The SMILES string of the molecule is O=C(CSc1nnc(-c2ccc(Cl)cc2Cl)o1)Nc1cc(C(F)(F)F)ccc1Cl. The fourth-order valence-electron chi connectivity index (χ4n) is 2.15. The van der Waals surface area contributed by atoms with Gasteiger partial charge in [-0.1, -0.05) is 46.6 Å². The van der Waals surface area contributed by atoms with Crippen molar-refractivity contribution in [2.45, 2.75) is 11.4 Å². The Labute approximate surface area is 181 Å². The van der Waals surface area contributed by atoms with E-state index >= 15 is 0 Å². The van der Waals surface area contributed by atoms with Gasteiger partial charge < -0.3 is 9.73 Å². The number of rotatable bonds is 5. The average molecular weight is 483 g/mol. The van der Waals surface area contributed by atoms with Crippen LogP contribution in [0.2, 0.25) is 15.1 Å². The number of aromatic nitrogens is 2. The summed E-state index contributed by atoms with van der Waals surface area (Å²) in [6.07, 6.45) is -4.55. The van der Waals surface area contributed by atoms with Gasteiger partial charge in [0.05, 0.1) is 32.6 Å². The van der Waals surface area contributed by atoms with E-state index in [4.69, 9.17) is 39.2 Å². The molecule has 0 bridgehead atoms. The molecule has 1 amide bonds. The first-order chi connectivity index (χ1) is 13.6. The maximum absolute atomic E-state index is 12.8. The molecule has 0 saturated carbocycles. The summed E-state index contributed by atoms with van der Waals surface area (Å²) in [6, 6.07) is 7.38. The number of carbonyl (C=O) groups is 1. The van der Waals surface area contributed by atoms with E-state index in [0.717, 1.165) is 30.0 Å². The molecule has 0 fully saturated rings. The Balaban J connectivity index is 1.64. The number of alkyl halides is 3. The molecule has 12 heteroatoms. The van der Waals surface area contributed by atoms with Crippen LogP contribution in [0.5, 0.6) is 0 Å². The molecule has 2 aromatic carbocycles. The third-order valence-electron chi connectivity index (χ3n) is 3.46. The minimum atomic E-state index is -4.55. The molecule has 3 aromatic rings. The molecule has 5 nitrogen and oxygen atoms in total. The summed E-state index contributed by atoms with van der Waals surface area (Å²) in [5.74, 6) is -0.654. The number of benzene rings is 2. The van der Waals surface area contributed by atoms with Gasteiger partial charge in [0.15, 0.2) is 0 Å². The molecule has 3 rings (SSSR count). The van der Waals surface area contributed by atoms with Crippen molar-refractivity contribution < 1.29 is 22.4 Å². The molecule has 0 radical (unpaired) electrons. The Morgan fingerprint density at radius 3 is 2.52 bits per heavy atom. The first kappa shape index (κ1) is 21.8. The fraction of sp³-hybridized carbons (Fsp3) is 0.118. The van der Waals surface area contributed by atoms with Gasteiger partial charge in [-0.2, -0.15) is 13.2 Å². The van der Waals surface area contributed by atoms with Gasteiger partial charge in [-0.25, -0.2) is 0 Å².